The van der Waals surface area contributed by atoms with E-state index in [0.717, 1.165) is 22.6 Å². The second-order valence-corrected chi connectivity index (χ2v) is 6.01. The third kappa shape index (κ3) is 3.69. The van der Waals surface area contributed by atoms with Gasteiger partial charge in [0.1, 0.15) is 5.75 Å². The van der Waals surface area contributed by atoms with Gasteiger partial charge in [0.2, 0.25) is 0 Å². The fraction of sp³-hybridized carbons (Fsp3) is 0.150. The molecule has 3 rings (SSSR count). The van der Waals surface area contributed by atoms with Crippen molar-refractivity contribution in [2.75, 3.05) is 7.11 Å². The lowest BCUT2D eigenvalue weighted by Crippen LogP contribution is -2.22. The van der Waals surface area contributed by atoms with Crippen LogP contribution in [0.5, 0.6) is 5.75 Å². The lowest BCUT2D eigenvalue weighted by Gasteiger charge is -2.15. The molecule has 0 saturated carbocycles. The monoisotopic (exact) mass is 354 g/mol. The Bertz CT molecular complexity index is 887. The van der Waals surface area contributed by atoms with Crippen molar-refractivity contribution in [3.05, 3.63) is 71.4 Å². The van der Waals surface area contributed by atoms with Crippen molar-refractivity contribution in [3.63, 3.8) is 0 Å². The summed E-state index contributed by atoms with van der Waals surface area (Å²) in [6.45, 7) is 0. The highest BCUT2D eigenvalue weighted by Crippen LogP contribution is 2.31. The van der Waals surface area contributed by atoms with E-state index in [1.54, 1.807) is 13.2 Å². The molecule has 0 radical (unpaired) electrons. The molecule has 1 aromatic heterocycles. The number of carboxylic acid groups (broad SMARTS) is 1. The van der Waals surface area contributed by atoms with Gasteiger partial charge >= 0.3 is 0 Å². The van der Waals surface area contributed by atoms with E-state index in [1.807, 2.05) is 59.2 Å². The van der Waals surface area contributed by atoms with Crippen LogP contribution in [-0.2, 0) is 11.2 Å². The molecule has 0 N–H and O–H groups in total. The zero-order valence-electron chi connectivity index (χ0n) is 13.7. The summed E-state index contributed by atoms with van der Waals surface area (Å²) in [4.78, 5) is 10.9. The number of carbonyl (C=O) groups excluding carboxylic acids is 1. The van der Waals surface area contributed by atoms with Gasteiger partial charge in [-0.1, -0.05) is 41.9 Å². The summed E-state index contributed by atoms with van der Waals surface area (Å²) in [6, 6.07) is 19.4. The zero-order valence-corrected chi connectivity index (χ0v) is 14.5. The molecule has 2 aromatic carbocycles. The number of aliphatic carboxylic acids is 1. The number of hydrogen-bond donors (Lipinski definition) is 0. The average Bonchev–Trinajstić information content (AvgIpc) is 3.04. The van der Waals surface area contributed by atoms with Crippen molar-refractivity contribution in [2.45, 2.75) is 12.8 Å². The molecule has 0 saturated heterocycles. The summed E-state index contributed by atoms with van der Waals surface area (Å²) in [6.07, 6.45) is 0.334. The standard InChI is InChI=1S/C20H18ClNO3/c1-25-19-11-8-16(13-17(19)21)22-15(9-12-20(23)24)7-10-18(22)14-5-3-2-4-6-14/h2-8,10-11,13H,9,12H2,1H3,(H,23,24)/p-1. The molecule has 0 aliphatic carbocycles. The van der Waals surface area contributed by atoms with Crippen LogP contribution < -0.4 is 9.84 Å². The smallest absolute Gasteiger partial charge is 0.137 e. The molecule has 0 bridgehead atoms. The van der Waals surface area contributed by atoms with Crippen molar-refractivity contribution in [2.24, 2.45) is 0 Å². The van der Waals surface area contributed by atoms with Crippen LogP contribution in [0.4, 0.5) is 0 Å². The van der Waals surface area contributed by atoms with E-state index in [0.29, 0.717) is 17.2 Å². The van der Waals surface area contributed by atoms with Crippen molar-refractivity contribution in [1.29, 1.82) is 0 Å². The number of carbonyl (C=O) groups is 1. The van der Waals surface area contributed by atoms with Gasteiger partial charge in [0.05, 0.1) is 17.8 Å². The third-order valence-electron chi connectivity index (χ3n) is 4.01. The van der Waals surface area contributed by atoms with Crippen molar-refractivity contribution in [3.8, 4) is 22.7 Å². The Morgan fingerprint density at radius 2 is 1.88 bits per heavy atom. The fourth-order valence-electron chi connectivity index (χ4n) is 2.84. The number of carboxylic acids is 1. The average molecular weight is 355 g/mol. The van der Waals surface area contributed by atoms with E-state index in [9.17, 15) is 9.90 Å². The third-order valence-corrected chi connectivity index (χ3v) is 4.31. The molecule has 128 valence electrons. The van der Waals surface area contributed by atoms with Crippen LogP contribution in [0.1, 0.15) is 12.1 Å². The fourth-order valence-corrected chi connectivity index (χ4v) is 3.09. The Labute approximate surface area is 151 Å². The second kappa shape index (κ2) is 7.45. The van der Waals surface area contributed by atoms with Gasteiger partial charge in [-0.15, -0.1) is 0 Å². The van der Waals surface area contributed by atoms with E-state index >= 15 is 0 Å². The second-order valence-electron chi connectivity index (χ2n) is 5.60. The number of aromatic nitrogens is 1. The maximum atomic E-state index is 10.9. The topological polar surface area (TPSA) is 54.3 Å². The number of aryl methyl sites for hydroxylation is 1. The van der Waals surface area contributed by atoms with E-state index < -0.39 is 5.97 Å². The van der Waals surface area contributed by atoms with Crippen LogP contribution in [0, 0.1) is 0 Å². The predicted octanol–water partition coefficient (Wildman–Crippen LogP) is 3.49. The number of methoxy groups -OCH3 is 1. The lowest BCUT2D eigenvalue weighted by molar-refractivity contribution is -0.305. The molecule has 0 aliphatic rings. The Morgan fingerprint density at radius 3 is 2.52 bits per heavy atom. The zero-order chi connectivity index (χ0) is 17.8. The number of hydrogen-bond acceptors (Lipinski definition) is 3. The van der Waals surface area contributed by atoms with Gasteiger partial charge in [-0.05, 0) is 48.7 Å². The molecule has 25 heavy (non-hydrogen) atoms. The first-order valence-corrected chi connectivity index (χ1v) is 8.27. The number of benzene rings is 2. The predicted molar refractivity (Wildman–Crippen MR) is 96.1 cm³/mol. The summed E-state index contributed by atoms with van der Waals surface area (Å²) in [5.41, 5.74) is 3.73. The molecular formula is C20H17ClNO3-. The van der Waals surface area contributed by atoms with E-state index in [2.05, 4.69) is 0 Å². The quantitative estimate of drug-likeness (QED) is 0.681. The molecule has 3 aromatic rings. The molecule has 0 unspecified atom stereocenters. The Morgan fingerprint density at radius 1 is 1.12 bits per heavy atom. The Hall–Kier alpha value is -2.72. The van der Waals surface area contributed by atoms with Crippen LogP contribution in [0.2, 0.25) is 5.02 Å². The minimum Gasteiger partial charge on any atom is -0.550 e. The molecule has 0 amide bonds. The first kappa shape index (κ1) is 17.1. The maximum Gasteiger partial charge on any atom is 0.137 e. The van der Waals surface area contributed by atoms with Crippen molar-refractivity contribution < 1.29 is 14.6 Å². The summed E-state index contributed by atoms with van der Waals surface area (Å²) >= 11 is 6.28. The summed E-state index contributed by atoms with van der Waals surface area (Å²) < 4.78 is 7.23. The van der Waals surface area contributed by atoms with Gasteiger partial charge in [-0.2, -0.15) is 0 Å². The number of nitrogens with zero attached hydrogens (tertiary/aromatic N) is 1. The van der Waals surface area contributed by atoms with Gasteiger partial charge in [0.15, 0.2) is 0 Å². The summed E-state index contributed by atoms with van der Waals surface area (Å²) in [5, 5.41) is 11.4. The number of rotatable bonds is 6. The highest BCUT2D eigenvalue weighted by atomic mass is 35.5. The van der Waals surface area contributed by atoms with Crippen molar-refractivity contribution in [1.82, 2.24) is 4.57 Å². The van der Waals surface area contributed by atoms with Crippen LogP contribution >= 0.6 is 11.6 Å². The minimum absolute atomic E-state index is 0.0396. The molecule has 0 spiro atoms. The molecule has 4 nitrogen and oxygen atoms in total. The van der Waals surface area contributed by atoms with Gasteiger partial charge in [0, 0.05) is 17.4 Å². The van der Waals surface area contributed by atoms with Crippen molar-refractivity contribution >= 4 is 17.6 Å². The molecule has 0 atom stereocenters. The highest BCUT2D eigenvalue weighted by molar-refractivity contribution is 6.32. The highest BCUT2D eigenvalue weighted by Gasteiger charge is 2.13. The Balaban J connectivity index is 2.12. The maximum absolute atomic E-state index is 10.9. The minimum atomic E-state index is -1.07. The number of halogens is 1. The normalized spacial score (nSPS) is 10.6. The molecule has 0 aliphatic heterocycles. The largest absolute Gasteiger partial charge is 0.550 e. The van der Waals surface area contributed by atoms with Crippen LogP contribution in [0.3, 0.4) is 0 Å². The van der Waals surface area contributed by atoms with Gasteiger partial charge in [-0.3, -0.25) is 0 Å². The van der Waals surface area contributed by atoms with Crippen LogP contribution in [0.25, 0.3) is 16.9 Å². The first-order valence-electron chi connectivity index (χ1n) is 7.90. The van der Waals surface area contributed by atoms with E-state index in [-0.39, 0.29) is 6.42 Å². The lowest BCUT2D eigenvalue weighted by atomic mass is 10.1. The van der Waals surface area contributed by atoms with E-state index in [1.165, 1.54) is 0 Å². The summed E-state index contributed by atoms with van der Waals surface area (Å²) in [7, 11) is 1.57. The molecular weight excluding hydrogens is 338 g/mol. The molecule has 0 fully saturated rings. The number of ether oxygens (including phenoxy) is 1. The molecule has 5 heteroatoms. The first-order chi connectivity index (χ1) is 12.1. The van der Waals surface area contributed by atoms with Crippen LogP contribution in [-0.4, -0.2) is 17.6 Å². The van der Waals surface area contributed by atoms with Crippen LogP contribution in [0.15, 0.2) is 60.7 Å². The molecule has 1 heterocycles. The van der Waals surface area contributed by atoms with Gasteiger partial charge in [0.25, 0.3) is 0 Å². The Kier molecular flexibility index (Phi) is 5.10. The van der Waals surface area contributed by atoms with Gasteiger partial charge < -0.3 is 19.2 Å². The van der Waals surface area contributed by atoms with Gasteiger partial charge in [-0.25, -0.2) is 0 Å². The van der Waals surface area contributed by atoms with E-state index in [4.69, 9.17) is 16.3 Å². The SMILES string of the molecule is COc1ccc(-n2c(CCC(=O)[O-])ccc2-c2ccccc2)cc1Cl. The summed E-state index contributed by atoms with van der Waals surface area (Å²) in [5.74, 6) is -0.475.